The number of rotatable bonds is 7. The monoisotopic (exact) mass is 252 g/mol. The maximum Gasteiger partial charge on any atom is 0.414 e. The molecular weight excluding hydrogens is 233 g/mol. The molecule has 0 rings (SSSR count). The summed E-state index contributed by atoms with van der Waals surface area (Å²) in [5.74, 6) is 0. The van der Waals surface area contributed by atoms with Gasteiger partial charge in [0.1, 0.15) is 5.54 Å². The molecule has 0 bridgehead atoms. The number of halogens is 3. The van der Waals surface area contributed by atoms with Crippen LogP contribution in [0.3, 0.4) is 0 Å². The second-order valence-electron chi connectivity index (χ2n) is 4.18. The Labute approximate surface area is 99.9 Å². The molecule has 17 heavy (non-hydrogen) atoms. The molecule has 0 fully saturated rings. The predicted octanol–water partition coefficient (Wildman–Crippen LogP) is 2.63. The average Bonchev–Trinajstić information content (AvgIpc) is 2.25. The molecule has 0 aliphatic rings. The minimum absolute atomic E-state index is 0.0958. The first-order chi connectivity index (χ1) is 7.75. The summed E-state index contributed by atoms with van der Waals surface area (Å²) in [6.07, 6.45) is -5.06. The Morgan fingerprint density at radius 3 is 2.41 bits per heavy atom. The van der Waals surface area contributed by atoms with E-state index in [0.29, 0.717) is 6.54 Å². The number of hydrogen-bond donors (Lipinski definition) is 1. The highest BCUT2D eigenvalue weighted by atomic mass is 19.4. The maximum absolute atomic E-state index is 12.1. The van der Waals surface area contributed by atoms with Crippen molar-refractivity contribution in [2.45, 2.75) is 51.4 Å². The Morgan fingerprint density at radius 2 is 2.00 bits per heavy atom. The fourth-order valence-electron chi connectivity index (χ4n) is 1.12. The van der Waals surface area contributed by atoms with Crippen LogP contribution in [0.25, 0.3) is 0 Å². The highest BCUT2D eigenvalue weighted by molar-refractivity contribution is 5.03. The van der Waals surface area contributed by atoms with Crippen LogP contribution in [-0.4, -0.2) is 31.0 Å². The highest BCUT2D eigenvalue weighted by Crippen LogP contribution is 2.22. The summed E-state index contributed by atoms with van der Waals surface area (Å²) in [5.41, 5.74) is -0.832. The molecule has 0 amide bonds. The Kier molecular flexibility index (Phi) is 6.50. The average molecular weight is 252 g/mol. The van der Waals surface area contributed by atoms with Crippen LogP contribution in [0.4, 0.5) is 13.2 Å². The first kappa shape index (κ1) is 16.2. The first-order valence-electron chi connectivity index (χ1n) is 5.60. The molecule has 2 unspecified atom stereocenters. The van der Waals surface area contributed by atoms with E-state index in [-0.39, 0.29) is 13.0 Å². The van der Waals surface area contributed by atoms with Gasteiger partial charge in [0.2, 0.25) is 0 Å². The first-order valence-corrected chi connectivity index (χ1v) is 5.60. The number of nitrogens with one attached hydrogen (secondary N) is 1. The minimum Gasteiger partial charge on any atom is -0.369 e. The molecule has 6 heteroatoms. The van der Waals surface area contributed by atoms with E-state index >= 15 is 0 Å². The second kappa shape index (κ2) is 6.82. The van der Waals surface area contributed by atoms with Crippen molar-refractivity contribution in [1.29, 1.82) is 5.26 Å². The maximum atomic E-state index is 12.1. The van der Waals surface area contributed by atoms with Gasteiger partial charge in [-0.25, -0.2) is 0 Å². The van der Waals surface area contributed by atoms with Gasteiger partial charge < -0.3 is 4.74 Å². The number of ether oxygens (including phenoxy) is 1. The van der Waals surface area contributed by atoms with E-state index in [1.165, 1.54) is 0 Å². The third-order valence-corrected chi connectivity index (χ3v) is 2.44. The molecule has 0 saturated carbocycles. The van der Waals surface area contributed by atoms with E-state index in [1.54, 1.807) is 6.92 Å². The Morgan fingerprint density at radius 1 is 1.41 bits per heavy atom. The fourth-order valence-corrected chi connectivity index (χ4v) is 1.12. The smallest absolute Gasteiger partial charge is 0.369 e. The van der Waals surface area contributed by atoms with Crippen LogP contribution in [0.5, 0.6) is 0 Å². The van der Waals surface area contributed by atoms with Crippen molar-refractivity contribution >= 4 is 0 Å². The van der Waals surface area contributed by atoms with Crippen molar-refractivity contribution in [3.63, 3.8) is 0 Å². The van der Waals surface area contributed by atoms with Gasteiger partial charge in [-0.15, -0.1) is 0 Å². The zero-order chi connectivity index (χ0) is 13.5. The highest BCUT2D eigenvalue weighted by Gasteiger charge is 2.37. The molecule has 3 nitrogen and oxygen atoms in total. The lowest BCUT2D eigenvalue weighted by molar-refractivity contribution is -0.214. The third kappa shape index (κ3) is 6.49. The summed E-state index contributed by atoms with van der Waals surface area (Å²) in [6, 6.07) is 2.05. The van der Waals surface area contributed by atoms with Crippen LogP contribution in [0.2, 0.25) is 0 Å². The molecule has 1 N–H and O–H groups in total. The summed E-state index contributed by atoms with van der Waals surface area (Å²) >= 11 is 0. The van der Waals surface area contributed by atoms with Crippen LogP contribution in [0, 0.1) is 11.3 Å². The fraction of sp³-hybridized carbons (Fsp3) is 0.909. The van der Waals surface area contributed by atoms with Gasteiger partial charge in [-0.05, 0) is 26.8 Å². The van der Waals surface area contributed by atoms with E-state index in [9.17, 15) is 13.2 Å². The summed E-state index contributed by atoms with van der Waals surface area (Å²) < 4.78 is 41.1. The molecule has 0 aromatic rings. The lowest BCUT2D eigenvalue weighted by Crippen LogP contribution is -2.43. The Bertz CT molecular complexity index is 262. The van der Waals surface area contributed by atoms with Crippen LogP contribution in [0.1, 0.15) is 33.6 Å². The van der Waals surface area contributed by atoms with Gasteiger partial charge in [0.15, 0.2) is 6.10 Å². The molecule has 0 spiro atoms. The van der Waals surface area contributed by atoms with Crippen molar-refractivity contribution in [1.82, 2.24) is 5.32 Å². The summed E-state index contributed by atoms with van der Waals surface area (Å²) in [4.78, 5) is 0. The lowest BCUT2D eigenvalue weighted by atomic mass is 10.0. The predicted molar refractivity (Wildman–Crippen MR) is 58.4 cm³/mol. The molecule has 0 aromatic heterocycles. The molecule has 0 aliphatic carbocycles. The van der Waals surface area contributed by atoms with Crippen molar-refractivity contribution in [3.8, 4) is 6.07 Å². The second-order valence-corrected chi connectivity index (χ2v) is 4.18. The van der Waals surface area contributed by atoms with Gasteiger partial charge in [0, 0.05) is 6.42 Å². The van der Waals surface area contributed by atoms with Crippen LogP contribution < -0.4 is 5.32 Å². The molecule has 0 radical (unpaired) electrons. The van der Waals surface area contributed by atoms with Gasteiger partial charge >= 0.3 is 6.18 Å². The van der Waals surface area contributed by atoms with Gasteiger partial charge in [-0.3, -0.25) is 5.32 Å². The number of nitrogens with zero attached hydrogens (tertiary/aromatic N) is 1. The largest absolute Gasteiger partial charge is 0.414 e. The van der Waals surface area contributed by atoms with E-state index in [2.05, 4.69) is 16.1 Å². The summed E-state index contributed by atoms with van der Waals surface area (Å²) in [6.45, 7) is 5.13. The standard InChI is InChI=1S/C11H19F3N2O/c1-4-6-16-10(3,8-15)5-7-17-9(2)11(12,13)14/h9,16H,4-7H2,1-3H3. The molecule has 0 aliphatic heterocycles. The summed E-state index contributed by atoms with van der Waals surface area (Å²) in [7, 11) is 0. The van der Waals surface area contributed by atoms with E-state index in [4.69, 9.17) is 5.26 Å². The molecule has 100 valence electrons. The van der Waals surface area contributed by atoms with Crippen LogP contribution in [0.15, 0.2) is 0 Å². The molecule has 0 saturated heterocycles. The van der Waals surface area contributed by atoms with Crippen LogP contribution >= 0.6 is 0 Å². The molecule has 0 aromatic carbocycles. The molecule has 2 atom stereocenters. The zero-order valence-electron chi connectivity index (χ0n) is 10.4. The van der Waals surface area contributed by atoms with Crippen molar-refractivity contribution < 1.29 is 17.9 Å². The Hall–Kier alpha value is -0.800. The number of nitriles is 1. The van der Waals surface area contributed by atoms with Crippen molar-refractivity contribution in [2.24, 2.45) is 0 Å². The topological polar surface area (TPSA) is 45.0 Å². The van der Waals surface area contributed by atoms with Gasteiger partial charge in [-0.1, -0.05) is 6.92 Å². The van der Waals surface area contributed by atoms with Gasteiger partial charge in [0.05, 0.1) is 12.7 Å². The normalized spacial score (nSPS) is 17.2. The Balaban J connectivity index is 4.05. The number of hydrogen-bond acceptors (Lipinski definition) is 3. The van der Waals surface area contributed by atoms with E-state index < -0.39 is 17.8 Å². The molecule has 0 heterocycles. The van der Waals surface area contributed by atoms with Gasteiger partial charge in [0.25, 0.3) is 0 Å². The van der Waals surface area contributed by atoms with Crippen molar-refractivity contribution in [2.75, 3.05) is 13.2 Å². The van der Waals surface area contributed by atoms with E-state index in [1.807, 2.05) is 6.92 Å². The lowest BCUT2D eigenvalue weighted by Gasteiger charge is -2.24. The third-order valence-electron chi connectivity index (χ3n) is 2.44. The van der Waals surface area contributed by atoms with Crippen LogP contribution in [-0.2, 0) is 4.74 Å². The van der Waals surface area contributed by atoms with Gasteiger partial charge in [-0.2, -0.15) is 18.4 Å². The quantitative estimate of drug-likeness (QED) is 0.757. The summed E-state index contributed by atoms with van der Waals surface area (Å²) in [5, 5.41) is 11.9. The minimum atomic E-state index is -4.35. The zero-order valence-corrected chi connectivity index (χ0v) is 10.4. The SMILES string of the molecule is CCCNC(C)(C#N)CCOC(C)C(F)(F)F. The number of alkyl halides is 3. The van der Waals surface area contributed by atoms with E-state index in [0.717, 1.165) is 13.3 Å². The molecular formula is C11H19F3N2O. The van der Waals surface area contributed by atoms with Crippen molar-refractivity contribution in [3.05, 3.63) is 0 Å².